The van der Waals surface area contributed by atoms with Crippen LogP contribution in [0.3, 0.4) is 0 Å². The van der Waals surface area contributed by atoms with Crippen molar-refractivity contribution in [1.29, 1.82) is 0 Å². The summed E-state index contributed by atoms with van der Waals surface area (Å²) in [6, 6.07) is 0. The number of hydrazine groups is 1. The first-order valence-electron chi connectivity index (χ1n) is 20.9. The zero-order valence-electron chi connectivity index (χ0n) is 41.3. The summed E-state index contributed by atoms with van der Waals surface area (Å²) in [6.07, 6.45) is 0. The molecule has 0 spiro atoms. The second-order valence-electron chi connectivity index (χ2n) is 18.2. The Hall–Kier alpha value is -0.440. The Labute approximate surface area is 341 Å². The third kappa shape index (κ3) is 72.8. The molecule has 0 bridgehead atoms. The van der Waals surface area contributed by atoms with E-state index in [1.54, 1.807) is 0 Å². The van der Waals surface area contributed by atoms with E-state index in [4.69, 9.17) is 14.2 Å². The van der Waals surface area contributed by atoms with Crippen molar-refractivity contribution >= 4 is 0 Å². The van der Waals surface area contributed by atoms with Crippen molar-refractivity contribution in [1.82, 2.24) is 39.4 Å². The molecule has 0 saturated heterocycles. The Morgan fingerprint density at radius 2 is 0.667 bits per heavy atom. The molecule has 0 saturated carbocycles. The van der Waals surface area contributed by atoms with Crippen LogP contribution in [-0.4, -0.2) is 230 Å². The summed E-state index contributed by atoms with van der Waals surface area (Å²) in [5, 5.41) is 4.30. The summed E-state index contributed by atoms with van der Waals surface area (Å²) < 4.78 is 16.1. The van der Waals surface area contributed by atoms with E-state index in [0.29, 0.717) is 25.0 Å². The molecule has 11 heteroatoms. The van der Waals surface area contributed by atoms with E-state index in [1.807, 2.05) is 14.1 Å². The van der Waals surface area contributed by atoms with E-state index in [-0.39, 0.29) is 0 Å². The number of ether oxygens (including phenoxy) is 3. The summed E-state index contributed by atoms with van der Waals surface area (Å²) in [5.74, 6) is 3.58. The molecule has 0 fully saturated rings. The summed E-state index contributed by atoms with van der Waals surface area (Å²) in [5.41, 5.74) is 0. The molecule has 0 amide bonds. The molecular weight excluding hydrogens is 677 g/mol. The number of hydrogen-bond donors (Lipinski definition) is 0. The second-order valence-corrected chi connectivity index (χ2v) is 18.2. The minimum atomic E-state index is 0.613. The van der Waals surface area contributed by atoms with Gasteiger partial charge in [0.25, 0.3) is 0 Å². The van der Waals surface area contributed by atoms with E-state index in [1.165, 1.54) is 19.6 Å². The van der Waals surface area contributed by atoms with Crippen LogP contribution in [0.15, 0.2) is 0 Å². The number of rotatable bonds is 26. The largest absolute Gasteiger partial charge is 0.380 e. The minimum absolute atomic E-state index is 0.613. The molecule has 11 nitrogen and oxygen atoms in total. The van der Waals surface area contributed by atoms with Crippen LogP contribution in [0.1, 0.15) is 69.2 Å². The molecule has 0 aliphatic carbocycles. The van der Waals surface area contributed by atoms with Gasteiger partial charge in [-0.2, -0.15) is 0 Å². The van der Waals surface area contributed by atoms with E-state index >= 15 is 0 Å². The summed E-state index contributed by atoms with van der Waals surface area (Å²) >= 11 is 0. The predicted octanol–water partition coefficient (Wildman–Crippen LogP) is 5.78. The normalized spacial score (nSPS) is 11.8. The van der Waals surface area contributed by atoms with E-state index in [9.17, 15) is 0 Å². The van der Waals surface area contributed by atoms with Crippen LogP contribution in [-0.2, 0) is 14.2 Å². The fraction of sp³-hybridized carbons (Fsp3) is 1.00. The van der Waals surface area contributed by atoms with Gasteiger partial charge < -0.3 is 43.6 Å². The van der Waals surface area contributed by atoms with Crippen molar-refractivity contribution in [2.45, 2.75) is 69.2 Å². The van der Waals surface area contributed by atoms with Crippen molar-refractivity contribution in [3.63, 3.8) is 0 Å². The van der Waals surface area contributed by atoms with Gasteiger partial charge in [-0.15, -0.1) is 0 Å². The molecule has 0 aliphatic heterocycles. The van der Waals surface area contributed by atoms with Crippen molar-refractivity contribution in [2.24, 2.45) is 29.6 Å². The molecular formula is C43H104N8O3. The highest BCUT2D eigenvalue weighted by atomic mass is 16.5. The average molecular weight is 781 g/mol. The van der Waals surface area contributed by atoms with Crippen LogP contribution in [0.4, 0.5) is 0 Å². The zero-order valence-corrected chi connectivity index (χ0v) is 41.3. The molecule has 0 atom stereocenters. The maximum absolute atomic E-state index is 5.36. The molecule has 0 aromatic heterocycles. The van der Waals surface area contributed by atoms with Crippen molar-refractivity contribution in [3.05, 3.63) is 0 Å². The lowest BCUT2D eigenvalue weighted by Gasteiger charge is -2.25. The molecule has 0 radical (unpaired) electrons. The van der Waals surface area contributed by atoms with Crippen molar-refractivity contribution in [3.8, 4) is 0 Å². The first-order chi connectivity index (χ1) is 24.8. The van der Waals surface area contributed by atoms with Gasteiger partial charge in [0, 0.05) is 86.7 Å². The van der Waals surface area contributed by atoms with Crippen LogP contribution in [0, 0.1) is 29.6 Å². The van der Waals surface area contributed by atoms with Crippen LogP contribution in [0.2, 0.25) is 0 Å². The molecule has 334 valence electrons. The quantitative estimate of drug-likeness (QED) is 0.0794. The van der Waals surface area contributed by atoms with Gasteiger partial charge in [0.2, 0.25) is 0 Å². The lowest BCUT2D eigenvalue weighted by atomic mass is 10.2. The van der Waals surface area contributed by atoms with Gasteiger partial charge in [-0.25, -0.2) is 10.0 Å². The van der Waals surface area contributed by atoms with Gasteiger partial charge in [0.15, 0.2) is 0 Å². The number of nitrogens with zero attached hydrogens (tertiary/aromatic N) is 8. The van der Waals surface area contributed by atoms with E-state index < -0.39 is 0 Å². The molecule has 0 aliphatic rings. The fourth-order valence-electron chi connectivity index (χ4n) is 4.31. The molecule has 0 aromatic rings. The fourth-order valence-corrected chi connectivity index (χ4v) is 4.31. The third-order valence-electron chi connectivity index (χ3n) is 7.15. The van der Waals surface area contributed by atoms with Crippen LogP contribution < -0.4 is 0 Å². The van der Waals surface area contributed by atoms with Gasteiger partial charge in [0.1, 0.15) is 0 Å². The smallest absolute Gasteiger partial charge is 0.0701 e. The third-order valence-corrected chi connectivity index (χ3v) is 7.15. The Kier molecular flexibility index (Phi) is 50.8. The van der Waals surface area contributed by atoms with Crippen molar-refractivity contribution in [2.75, 3.05) is 190 Å². The van der Waals surface area contributed by atoms with Crippen LogP contribution >= 0.6 is 0 Å². The highest BCUT2D eigenvalue weighted by molar-refractivity contribution is 4.60. The van der Waals surface area contributed by atoms with E-state index in [2.05, 4.69) is 186 Å². The first-order valence-corrected chi connectivity index (χ1v) is 20.9. The monoisotopic (exact) mass is 781 g/mol. The molecule has 0 heterocycles. The summed E-state index contributed by atoms with van der Waals surface area (Å²) in [4.78, 5) is 13.5. The lowest BCUT2D eigenvalue weighted by Crippen LogP contribution is -2.35. The lowest BCUT2D eigenvalue weighted by molar-refractivity contribution is 0.0336. The minimum Gasteiger partial charge on any atom is -0.380 e. The number of hydrogen-bond acceptors (Lipinski definition) is 11. The Morgan fingerprint density at radius 3 is 0.981 bits per heavy atom. The summed E-state index contributed by atoms with van der Waals surface area (Å²) in [6.45, 7) is 37.0. The molecule has 0 rings (SSSR count). The van der Waals surface area contributed by atoms with Gasteiger partial charge in [-0.3, -0.25) is 0 Å². The van der Waals surface area contributed by atoms with Gasteiger partial charge >= 0.3 is 0 Å². The Balaban J connectivity index is -0.000000190. The highest BCUT2D eigenvalue weighted by Gasteiger charge is 2.04. The number of likely N-dealkylation sites (N-methyl/N-ethyl adjacent to an activating group) is 5. The molecule has 54 heavy (non-hydrogen) atoms. The molecule has 0 N–H and O–H groups in total. The highest BCUT2D eigenvalue weighted by Crippen LogP contribution is 1.97. The van der Waals surface area contributed by atoms with Gasteiger partial charge in [-0.05, 0) is 107 Å². The van der Waals surface area contributed by atoms with Gasteiger partial charge in [-0.1, -0.05) is 69.2 Å². The SMILES string of the molecule is CC(C)CN(C)C.CC(C)CN(C)CCN(C)CCN(C)C.CC(C)CN(C)N(C)C.CC(C)COCCN(C)C.CC(C)COCCOCCN(C)C. The Bertz CT molecular complexity index is 666. The standard InChI is InChI=1S/C12H29N3.C10H23NO2.C8H19NO.C7H18N2.C6H15N/c1-12(2)11-15(6)10-9-14(5)8-7-13(3)4;1-10(2)9-13-8-7-12-6-5-11(3)4;1-8(2)7-10-6-5-9(3)4;1-7(2)6-9(5)8(3)4;1-6(2)5-7(3)4/h12H,7-11H2,1-6H3;10H,5-9H2,1-4H3;8H,5-7H2,1-4H3;7H,6H2,1-5H3;6H,5H2,1-4H3. The van der Waals surface area contributed by atoms with Crippen molar-refractivity contribution < 1.29 is 14.2 Å². The first kappa shape index (κ1) is 62.7. The maximum atomic E-state index is 5.36. The topological polar surface area (TPSA) is 53.6 Å². The van der Waals surface area contributed by atoms with Crippen LogP contribution in [0.25, 0.3) is 0 Å². The van der Waals surface area contributed by atoms with Gasteiger partial charge in [0.05, 0.1) is 26.4 Å². The zero-order chi connectivity index (χ0) is 43.2. The summed E-state index contributed by atoms with van der Waals surface area (Å²) in [7, 11) is 27.3. The Morgan fingerprint density at radius 1 is 0.315 bits per heavy atom. The van der Waals surface area contributed by atoms with E-state index in [0.717, 1.165) is 83.4 Å². The van der Waals surface area contributed by atoms with Crippen LogP contribution in [0.5, 0.6) is 0 Å². The molecule has 0 unspecified atom stereocenters. The predicted molar refractivity (Wildman–Crippen MR) is 242 cm³/mol. The molecule has 0 aromatic carbocycles. The average Bonchev–Trinajstić information content (AvgIpc) is 3.00. The maximum Gasteiger partial charge on any atom is 0.0701 e. The second kappa shape index (κ2) is 43.7.